The Kier molecular flexibility index (Phi) is 6.58. The fourth-order valence-electron chi connectivity index (χ4n) is 1.64. The molecule has 3 nitrogen and oxygen atoms in total. The van der Waals surface area contributed by atoms with Gasteiger partial charge < -0.3 is 14.9 Å². The van der Waals surface area contributed by atoms with Crippen LogP contribution in [0, 0.1) is 0 Å². The third-order valence-corrected chi connectivity index (χ3v) is 3.82. The number of allylic oxidation sites excluding steroid dienone is 1. The highest BCUT2D eigenvalue weighted by Gasteiger charge is 2.36. The first kappa shape index (κ1) is 14.2. The number of epoxide rings is 1. The van der Waals surface area contributed by atoms with Crippen LogP contribution in [0.4, 0.5) is 0 Å². The molecule has 0 amide bonds. The summed E-state index contributed by atoms with van der Waals surface area (Å²) < 4.78 is 5.36. The third kappa shape index (κ3) is 4.95. The minimum atomic E-state index is -0.274. The largest absolute Gasteiger partial charge is 0.396 e. The molecule has 94 valence electrons. The quantitative estimate of drug-likeness (QED) is 0.409. The van der Waals surface area contributed by atoms with Crippen LogP contribution in [0.15, 0.2) is 12.2 Å². The molecule has 0 spiro atoms. The van der Waals surface area contributed by atoms with E-state index in [0.29, 0.717) is 6.10 Å². The summed E-state index contributed by atoms with van der Waals surface area (Å²) in [5.74, 6) is 0. The van der Waals surface area contributed by atoms with Crippen LogP contribution in [0.3, 0.4) is 0 Å². The SMILES string of the molecule is CC[C@H](O)[C@H](Br)C/C=C\C[C@H]1O[C@H]1CCO. The molecule has 2 N–H and O–H groups in total. The van der Waals surface area contributed by atoms with Gasteiger partial charge in [-0.05, 0) is 25.7 Å². The molecule has 0 aromatic carbocycles. The molecule has 0 aliphatic carbocycles. The van der Waals surface area contributed by atoms with Crippen molar-refractivity contribution in [2.75, 3.05) is 6.61 Å². The zero-order chi connectivity index (χ0) is 12.0. The molecule has 1 aliphatic heterocycles. The Morgan fingerprint density at radius 3 is 2.75 bits per heavy atom. The molecule has 0 bridgehead atoms. The number of hydrogen-bond acceptors (Lipinski definition) is 3. The Bertz CT molecular complexity index is 220. The molecule has 1 rings (SSSR count). The minimum Gasteiger partial charge on any atom is -0.396 e. The summed E-state index contributed by atoms with van der Waals surface area (Å²) in [6.45, 7) is 2.18. The van der Waals surface area contributed by atoms with Crippen molar-refractivity contribution in [1.29, 1.82) is 0 Å². The topological polar surface area (TPSA) is 53.0 Å². The van der Waals surface area contributed by atoms with Gasteiger partial charge in [0.15, 0.2) is 0 Å². The zero-order valence-electron chi connectivity index (χ0n) is 9.68. The number of alkyl halides is 1. The number of ether oxygens (including phenoxy) is 1. The first-order chi connectivity index (χ1) is 7.69. The monoisotopic (exact) mass is 292 g/mol. The second-order valence-electron chi connectivity index (χ2n) is 4.16. The maximum absolute atomic E-state index is 9.53. The lowest BCUT2D eigenvalue weighted by Crippen LogP contribution is -2.18. The molecule has 4 heteroatoms. The summed E-state index contributed by atoms with van der Waals surface area (Å²) in [5.41, 5.74) is 0. The van der Waals surface area contributed by atoms with Crippen molar-refractivity contribution in [1.82, 2.24) is 0 Å². The van der Waals surface area contributed by atoms with Gasteiger partial charge >= 0.3 is 0 Å². The van der Waals surface area contributed by atoms with Crippen molar-refractivity contribution in [3.05, 3.63) is 12.2 Å². The number of rotatable bonds is 8. The van der Waals surface area contributed by atoms with E-state index in [1.165, 1.54) is 0 Å². The predicted octanol–water partition coefficient (Wildman–Crippen LogP) is 2.01. The first-order valence-corrected chi connectivity index (χ1v) is 6.84. The Labute approximate surface area is 106 Å². The summed E-state index contributed by atoms with van der Waals surface area (Å²) in [4.78, 5) is 0.141. The van der Waals surface area contributed by atoms with Crippen molar-refractivity contribution in [3.63, 3.8) is 0 Å². The van der Waals surface area contributed by atoms with Crippen molar-refractivity contribution in [2.45, 2.75) is 55.7 Å². The normalized spacial score (nSPS) is 28.2. The standard InChI is InChI=1S/C12H21BrO3/c1-2-10(15)9(13)5-3-4-6-11-12(16-11)7-8-14/h3-4,9-12,14-15H,2,5-8H2,1H3/b4-3-/t9-,10+,11-,12+/m1/s1. The molecule has 1 fully saturated rings. The van der Waals surface area contributed by atoms with E-state index in [4.69, 9.17) is 9.84 Å². The van der Waals surface area contributed by atoms with Gasteiger partial charge in [-0.1, -0.05) is 35.0 Å². The highest BCUT2D eigenvalue weighted by atomic mass is 79.9. The molecule has 1 saturated heterocycles. The van der Waals surface area contributed by atoms with Crippen LogP contribution in [-0.4, -0.2) is 40.0 Å². The molecule has 0 aromatic rings. The lowest BCUT2D eigenvalue weighted by atomic mass is 10.1. The van der Waals surface area contributed by atoms with Gasteiger partial charge in [0.2, 0.25) is 0 Å². The number of aliphatic hydroxyl groups excluding tert-OH is 2. The molecule has 16 heavy (non-hydrogen) atoms. The fourth-order valence-corrected chi connectivity index (χ4v) is 2.23. The zero-order valence-corrected chi connectivity index (χ0v) is 11.3. The first-order valence-electron chi connectivity index (χ1n) is 5.92. The van der Waals surface area contributed by atoms with E-state index in [1.807, 2.05) is 6.92 Å². The third-order valence-electron chi connectivity index (χ3n) is 2.83. The Morgan fingerprint density at radius 2 is 2.12 bits per heavy atom. The van der Waals surface area contributed by atoms with Gasteiger partial charge in [-0.2, -0.15) is 0 Å². The summed E-state index contributed by atoms with van der Waals surface area (Å²) >= 11 is 3.46. The summed E-state index contributed by atoms with van der Waals surface area (Å²) in [5, 5.41) is 18.2. The smallest absolute Gasteiger partial charge is 0.0877 e. The van der Waals surface area contributed by atoms with E-state index in [0.717, 1.165) is 25.7 Å². The second kappa shape index (κ2) is 7.43. The van der Waals surface area contributed by atoms with Gasteiger partial charge in [0.1, 0.15) is 0 Å². The van der Waals surface area contributed by atoms with E-state index in [1.54, 1.807) is 0 Å². The van der Waals surface area contributed by atoms with Gasteiger partial charge in [0.05, 0.1) is 18.3 Å². The van der Waals surface area contributed by atoms with Crippen LogP contribution in [0.1, 0.15) is 32.6 Å². The van der Waals surface area contributed by atoms with Crippen LogP contribution in [0.2, 0.25) is 0 Å². The average Bonchev–Trinajstić information content (AvgIpc) is 3.02. The Morgan fingerprint density at radius 1 is 1.38 bits per heavy atom. The van der Waals surface area contributed by atoms with Crippen molar-refractivity contribution in [3.8, 4) is 0 Å². The lowest BCUT2D eigenvalue weighted by molar-refractivity contribution is 0.169. The molecule has 0 unspecified atom stereocenters. The summed E-state index contributed by atoms with van der Waals surface area (Å²) in [7, 11) is 0. The van der Waals surface area contributed by atoms with Gasteiger partial charge in [-0.25, -0.2) is 0 Å². The van der Waals surface area contributed by atoms with Crippen molar-refractivity contribution in [2.24, 2.45) is 0 Å². The highest BCUT2D eigenvalue weighted by molar-refractivity contribution is 9.09. The Balaban J connectivity index is 2.05. The maximum atomic E-state index is 9.53. The van der Waals surface area contributed by atoms with Crippen molar-refractivity contribution < 1.29 is 14.9 Å². The van der Waals surface area contributed by atoms with Crippen LogP contribution in [0.5, 0.6) is 0 Å². The molecular formula is C12H21BrO3. The molecule has 0 aromatic heterocycles. The predicted molar refractivity (Wildman–Crippen MR) is 67.8 cm³/mol. The van der Waals surface area contributed by atoms with Gasteiger partial charge in [-0.3, -0.25) is 0 Å². The minimum absolute atomic E-state index is 0.141. The number of hydrogen-bond donors (Lipinski definition) is 2. The fraction of sp³-hybridized carbons (Fsp3) is 0.833. The molecule has 0 saturated carbocycles. The second-order valence-corrected chi connectivity index (χ2v) is 5.34. The molecule has 0 radical (unpaired) electrons. The van der Waals surface area contributed by atoms with Gasteiger partial charge in [0, 0.05) is 11.4 Å². The van der Waals surface area contributed by atoms with Crippen LogP contribution >= 0.6 is 15.9 Å². The van der Waals surface area contributed by atoms with E-state index >= 15 is 0 Å². The highest BCUT2D eigenvalue weighted by Crippen LogP contribution is 2.28. The number of aliphatic hydroxyl groups is 2. The van der Waals surface area contributed by atoms with Crippen LogP contribution in [-0.2, 0) is 4.74 Å². The van der Waals surface area contributed by atoms with Crippen molar-refractivity contribution >= 4 is 15.9 Å². The van der Waals surface area contributed by atoms with E-state index in [9.17, 15) is 5.11 Å². The molecule has 1 heterocycles. The van der Waals surface area contributed by atoms with Crippen LogP contribution in [0.25, 0.3) is 0 Å². The van der Waals surface area contributed by atoms with E-state index < -0.39 is 0 Å². The number of halogens is 1. The Hall–Kier alpha value is 0.100. The average molecular weight is 293 g/mol. The molecule has 1 aliphatic rings. The van der Waals surface area contributed by atoms with Gasteiger partial charge in [0.25, 0.3) is 0 Å². The summed E-state index contributed by atoms with van der Waals surface area (Å²) in [6.07, 6.45) is 7.73. The maximum Gasteiger partial charge on any atom is 0.0877 e. The van der Waals surface area contributed by atoms with E-state index in [2.05, 4.69) is 28.1 Å². The summed E-state index contributed by atoms with van der Waals surface area (Å²) in [6, 6.07) is 0. The molecule has 4 atom stereocenters. The molecular weight excluding hydrogens is 272 g/mol. The van der Waals surface area contributed by atoms with Crippen LogP contribution < -0.4 is 0 Å². The van der Waals surface area contributed by atoms with E-state index in [-0.39, 0.29) is 23.6 Å². The lowest BCUT2D eigenvalue weighted by Gasteiger charge is -2.12. The van der Waals surface area contributed by atoms with Gasteiger partial charge in [-0.15, -0.1) is 0 Å².